The van der Waals surface area contributed by atoms with Crippen molar-refractivity contribution < 1.29 is 19.2 Å². The second-order valence-corrected chi connectivity index (χ2v) is 8.97. The smallest absolute Gasteiger partial charge is 0.306 e. The third-order valence-corrected chi connectivity index (χ3v) is 6.05. The van der Waals surface area contributed by atoms with Crippen LogP contribution in [0.25, 0.3) is 11.5 Å². The van der Waals surface area contributed by atoms with E-state index in [1.165, 1.54) is 6.33 Å². The molecular weight excluding hydrogens is 436 g/mol. The van der Waals surface area contributed by atoms with Gasteiger partial charge >= 0.3 is 5.97 Å². The van der Waals surface area contributed by atoms with Gasteiger partial charge in [0, 0.05) is 18.0 Å². The van der Waals surface area contributed by atoms with Gasteiger partial charge in [0.15, 0.2) is 5.76 Å². The van der Waals surface area contributed by atoms with Crippen molar-refractivity contribution in [1.82, 2.24) is 25.1 Å². The highest BCUT2D eigenvalue weighted by Crippen LogP contribution is 2.31. The summed E-state index contributed by atoms with van der Waals surface area (Å²) in [5, 5.41) is 16.7. The van der Waals surface area contributed by atoms with E-state index in [-0.39, 0.29) is 17.9 Å². The molecule has 3 aromatic rings. The quantitative estimate of drug-likeness (QED) is 0.494. The minimum Gasteiger partial charge on any atom is -0.489 e. The molecule has 3 heterocycles. The van der Waals surface area contributed by atoms with Crippen LogP contribution in [0.4, 0.5) is 5.95 Å². The molecule has 34 heavy (non-hydrogen) atoms. The molecule has 0 aromatic carbocycles. The molecule has 3 aromatic heterocycles. The van der Waals surface area contributed by atoms with Crippen molar-refractivity contribution in [2.45, 2.75) is 71.9 Å². The number of hydrogen-bond acceptors (Lipinski definition) is 9. The molecule has 1 aliphatic rings. The SMILES string of the molecule is Cc1nc(-c2onc(C)c2CNc2ncnc(C(C)C)n2)ccc1O[C@H]1CCC[C@H](C(=O)O)C1. The number of ether oxygens (including phenoxy) is 1. The van der Waals surface area contributed by atoms with E-state index in [1.807, 2.05) is 39.8 Å². The van der Waals surface area contributed by atoms with Crippen molar-refractivity contribution in [3.8, 4) is 17.2 Å². The highest BCUT2D eigenvalue weighted by molar-refractivity contribution is 5.70. The Hall–Kier alpha value is -3.56. The number of hydrogen-bond donors (Lipinski definition) is 2. The van der Waals surface area contributed by atoms with Crippen LogP contribution >= 0.6 is 0 Å². The summed E-state index contributed by atoms with van der Waals surface area (Å²) >= 11 is 0. The number of rotatable bonds is 8. The van der Waals surface area contributed by atoms with E-state index in [9.17, 15) is 9.90 Å². The average Bonchev–Trinajstić information content (AvgIpc) is 3.19. The maximum Gasteiger partial charge on any atom is 0.306 e. The summed E-state index contributed by atoms with van der Waals surface area (Å²) in [5.74, 6) is 1.54. The first-order chi connectivity index (χ1) is 16.3. The van der Waals surface area contributed by atoms with Crippen LogP contribution in [0.2, 0.25) is 0 Å². The van der Waals surface area contributed by atoms with E-state index in [1.54, 1.807) is 0 Å². The molecule has 0 bridgehead atoms. The first-order valence-corrected chi connectivity index (χ1v) is 11.6. The molecule has 0 unspecified atom stereocenters. The van der Waals surface area contributed by atoms with Crippen molar-refractivity contribution in [1.29, 1.82) is 0 Å². The topological polar surface area (TPSA) is 136 Å². The second-order valence-electron chi connectivity index (χ2n) is 8.97. The average molecular weight is 467 g/mol. The summed E-state index contributed by atoms with van der Waals surface area (Å²) in [4.78, 5) is 28.9. The van der Waals surface area contributed by atoms with Crippen molar-refractivity contribution in [3.05, 3.63) is 41.2 Å². The van der Waals surface area contributed by atoms with E-state index in [2.05, 4.69) is 30.4 Å². The van der Waals surface area contributed by atoms with Crippen LogP contribution < -0.4 is 10.1 Å². The number of carboxylic acids is 1. The van der Waals surface area contributed by atoms with Crippen LogP contribution in [0.15, 0.2) is 23.0 Å². The number of aliphatic carboxylic acids is 1. The lowest BCUT2D eigenvalue weighted by Crippen LogP contribution is -2.29. The van der Waals surface area contributed by atoms with Crippen molar-refractivity contribution in [2.24, 2.45) is 5.92 Å². The Morgan fingerprint density at radius 3 is 2.76 bits per heavy atom. The number of aryl methyl sites for hydroxylation is 2. The molecule has 1 saturated carbocycles. The van der Waals surface area contributed by atoms with E-state index >= 15 is 0 Å². The summed E-state index contributed by atoms with van der Waals surface area (Å²) in [6.07, 6.45) is 4.29. The van der Waals surface area contributed by atoms with Gasteiger partial charge in [-0.1, -0.05) is 19.0 Å². The molecule has 4 rings (SSSR count). The molecule has 1 fully saturated rings. The molecule has 10 heteroatoms. The molecule has 2 atom stereocenters. The molecule has 180 valence electrons. The zero-order valence-corrected chi connectivity index (χ0v) is 19.9. The number of nitrogens with zero attached hydrogens (tertiary/aromatic N) is 5. The fourth-order valence-corrected chi connectivity index (χ4v) is 4.09. The molecule has 2 N–H and O–H groups in total. The van der Waals surface area contributed by atoms with Gasteiger partial charge in [0.2, 0.25) is 5.95 Å². The highest BCUT2D eigenvalue weighted by atomic mass is 16.5. The van der Waals surface area contributed by atoms with Crippen LogP contribution in [-0.4, -0.2) is 42.3 Å². The zero-order valence-electron chi connectivity index (χ0n) is 19.9. The maximum atomic E-state index is 11.3. The Bertz CT molecular complexity index is 1160. The van der Waals surface area contributed by atoms with Crippen LogP contribution in [0.1, 0.15) is 68.2 Å². The summed E-state index contributed by atoms with van der Waals surface area (Å²) in [6, 6.07) is 3.70. The van der Waals surface area contributed by atoms with Gasteiger partial charge in [-0.15, -0.1) is 0 Å². The first kappa shape index (κ1) is 23.6. The zero-order chi connectivity index (χ0) is 24.2. The van der Waals surface area contributed by atoms with Crippen molar-refractivity contribution in [2.75, 3.05) is 5.32 Å². The summed E-state index contributed by atoms with van der Waals surface area (Å²) in [5.41, 5.74) is 2.97. The lowest BCUT2D eigenvalue weighted by molar-refractivity contribution is -0.143. The van der Waals surface area contributed by atoms with Crippen molar-refractivity contribution >= 4 is 11.9 Å². The summed E-state index contributed by atoms with van der Waals surface area (Å²) < 4.78 is 11.7. The standard InChI is InChI=1S/C24H30N6O4/c1-13(2)22-26-12-27-24(29-22)25-11-18-14(3)30-34-21(18)19-8-9-20(15(4)28-19)33-17-7-5-6-16(10-17)23(31)32/h8-9,12-13,16-17H,5-7,10-11H2,1-4H3,(H,31,32)(H,25,26,27,29)/t16-,17-/m0/s1. The van der Waals surface area contributed by atoms with E-state index in [0.29, 0.717) is 48.2 Å². The normalized spacial score (nSPS) is 18.1. The van der Waals surface area contributed by atoms with Crippen molar-refractivity contribution in [3.63, 3.8) is 0 Å². The van der Waals surface area contributed by atoms with Gasteiger partial charge in [-0.3, -0.25) is 4.79 Å². The predicted octanol–water partition coefficient (Wildman–Crippen LogP) is 4.30. The van der Waals surface area contributed by atoms with Gasteiger partial charge < -0.3 is 19.7 Å². The first-order valence-electron chi connectivity index (χ1n) is 11.6. The van der Waals surface area contributed by atoms with Gasteiger partial charge in [-0.05, 0) is 51.7 Å². The number of nitrogens with one attached hydrogen (secondary N) is 1. The molecule has 10 nitrogen and oxygen atoms in total. The van der Waals surface area contributed by atoms with E-state index in [4.69, 9.17) is 9.26 Å². The Morgan fingerprint density at radius 2 is 2.03 bits per heavy atom. The van der Waals surface area contributed by atoms with Crippen LogP contribution in [0.5, 0.6) is 5.75 Å². The molecule has 1 aliphatic carbocycles. The lowest BCUT2D eigenvalue weighted by atomic mass is 9.87. The third-order valence-electron chi connectivity index (χ3n) is 6.05. The Labute approximate surface area is 198 Å². The maximum absolute atomic E-state index is 11.3. The van der Waals surface area contributed by atoms with E-state index < -0.39 is 5.97 Å². The molecule has 0 spiro atoms. The number of aromatic nitrogens is 5. The molecule has 0 saturated heterocycles. The van der Waals surface area contributed by atoms with Crippen LogP contribution in [0.3, 0.4) is 0 Å². The van der Waals surface area contributed by atoms with Gasteiger partial charge in [-0.25, -0.2) is 15.0 Å². The molecule has 0 amide bonds. The molecule has 0 aliphatic heterocycles. The minimum absolute atomic E-state index is 0.121. The molecular formula is C24H30N6O4. The van der Waals surface area contributed by atoms with Crippen LogP contribution in [-0.2, 0) is 11.3 Å². The Kier molecular flexibility index (Phi) is 7.04. The second kappa shape index (κ2) is 10.1. The van der Waals surface area contributed by atoms with Gasteiger partial charge in [-0.2, -0.15) is 4.98 Å². The number of carbonyl (C=O) groups is 1. The third kappa shape index (κ3) is 5.32. The lowest BCUT2D eigenvalue weighted by Gasteiger charge is -2.27. The monoisotopic (exact) mass is 466 g/mol. The largest absolute Gasteiger partial charge is 0.489 e. The van der Waals surface area contributed by atoms with Gasteiger partial charge in [0.25, 0.3) is 0 Å². The minimum atomic E-state index is -0.752. The van der Waals surface area contributed by atoms with Gasteiger partial charge in [0.1, 0.15) is 23.6 Å². The Balaban J connectivity index is 1.48. The van der Waals surface area contributed by atoms with Crippen LogP contribution in [0, 0.1) is 19.8 Å². The number of anilines is 1. The number of carboxylic acid groups (broad SMARTS) is 1. The predicted molar refractivity (Wildman–Crippen MR) is 124 cm³/mol. The fraction of sp³-hybridized carbons (Fsp3) is 0.500. The number of pyridine rings is 1. The fourth-order valence-electron chi connectivity index (χ4n) is 4.09. The Morgan fingerprint density at radius 1 is 1.21 bits per heavy atom. The molecule has 0 radical (unpaired) electrons. The van der Waals surface area contributed by atoms with E-state index in [0.717, 1.165) is 29.9 Å². The summed E-state index contributed by atoms with van der Waals surface area (Å²) in [7, 11) is 0. The summed E-state index contributed by atoms with van der Waals surface area (Å²) in [6.45, 7) is 8.23. The highest BCUT2D eigenvalue weighted by Gasteiger charge is 2.28. The van der Waals surface area contributed by atoms with Gasteiger partial charge in [0.05, 0.1) is 23.4 Å².